The van der Waals surface area contributed by atoms with Crippen molar-refractivity contribution in [2.24, 2.45) is 5.92 Å². The van der Waals surface area contributed by atoms with Gasteiger partial charge in [0.05, 0.1) is 17.5 Å². The maximum atomic E-state index is 12.7. The summed E-state index contributed by atoms with van der Waals surface area (Å²) in [5.41, 5.74) is 3.35. The van der Waals surface area contributed by atoms with E-state index in [1.165, 1.54) is 22.9 Å². The number of rotatable bonds is 9. The second-order valence-electron chi connectivity index (χ2n) is 8.32. The number of nitrogens with zero attached hydrogens (tertiary/aromatic N) is 5. The first-order chi connectivity index (χ1) is 15.8. The van der Waals surface area contributed by atoms with Gasteiger partial charge in [0, 0.05) is 18.0 Å². The average Bonchev–Trinajstić information content (AvgIpc) is 3.25. The standard InChI is InChI=1S/C25H30N6OS/c1-6-18-10-8-11-19(7-2)22(18)31-23(20-12-9-13-27-14-20)29-30-24(31)33-15-21(32)28-25(5,16-26)17(3)4/h8-14,17H,6-7,15H2,1-5H3,(H,28,32)/t25-/m0/s1. The smallest absolute Gasteiger partial charge is 0.231 e. The first-order valence-electron chi connectivity index (χ1n) is 11.2. The van der Waals surface area contributed by atoms with Gasteiger partial charge in [-0.2, -0.15) is 5.26 Å². The number of hydrogen-bond donors (Lipinski definition) is 1. The predicted octanol–water partition coefficient (Wildman–Crippen LogP) is 4.60. The molecular formula is C25H30N6OS. The van der Waals surface area contributed by atoms with E-state index in [0.29, 0.717) is 11.0 Å². The summed E-state index contributed by atoms with van der Waals surface area (Å²) in [6.45, 7) is 9.83. The highest BCUT2D eigenvalue weighted by atomic mass is 32.2. The lowest BCUT2D eigenvalue weighted by molar-refractivity contribution is -0.120. The quantitative estimate of drug-likeness (QED) is 0.467. The summed E-state index contributed by atoms with van der Waals surface area (Å²) in [5.74, 6) is 0.589. The molecule has 1 N–H and O–H groups in total. The molecule has 172 valence electrons. The lowest BCUT2D eigenvalue weighted by Gasteiger charge is -2.27. The average molecular weight is 463 g/mol. The molecule has 1 amide bonds. The van der Waals surface area contributed by atoms with E-state index >= 15 is 0 Å². The fourth-order valence-electron chi connectivity index (χ4n) is 3.51. The molecule has 3 aromatic rings. The Bertz CT molecular complexity index is 1130. The number of thioether (sulfide) groups is 1. The maximum absolute atomic E-state index is 12.7. The fourth-order valence-corrected chi connectivity index (χ4v) is 4.24. The summed E-state index contributed by atoms with van der Waals surface area (Å²) in [6, 6.07) is 12.3. The number of aromatic nitrogens is 4. The molecule has 0 aliphatic rings. The minimum Gasteiger partial charge on any atom is -0.337 e. The van der Waals surface area contributed by atoms with Crippen LogP contribution in [0.2, 0.25) is 0 Å². The van der Waals surface area contributed by atoms with E-state index in [1.807, 2.05) is 30.5 Å². The van der Waals surface area contributed by atoms with Crippen LogP contribution in [0.25, 0.3) is 17.1 Å². The number of aryl methyl sites for hydroxylation is 2. The first-order valence-corrected chi connectivity index (χ1v) is 12.1. The molecule has 0 aliphatic heterocycles. The van der Waals surface area contributed by atoms with Crippen molar-refractivity contribution < 1.29 is 4.79 Å². The number of carbonyl (C=O) groups excluding carboxylic acids is 1. The van der Waals surface area contributed by atoms with Crippen LogP contribution in [-0.4, -0.2) is 36.9 Å². The number of pyridine rings is 1. The number of benzene rings is 1. The highest BCUT2D eigenvalue weighted by Gasteiger charge is 2.30. The zero-order valence-electron chi connectivity index (χ0n) is 19.8. The van der Waals surface area contributed by atoms with Crippen molar-refractivity contribution in [2.75, 3.05) is 5.75 Å². The van der Waals surface area contributed by atoms with Gasteiger partial charge in [-0.15, -0.1) is 10.2 Å². The molecule has 1 aromatic carbocycles. The van der Waals surface area contributed by atoms with Crippen LogP contribution in [0.4, 0.5) is 0 Å². The molecule has 0 saturated carbocycles. The van der Waals surface area contributed by atoms with Crippen molar-refractivity contribution in [3.63, 3.8) is 0 Å². The van der Waals surface area contributed by atoms with E-state index in [4.69, 9.17) is 0 Å². The van der Waals surface area contributed by atoms with Gasteiger partial charge in [0.15, 0.2) is 11.0 Å². The molecular weight excluding hydrogens is 432 g/mol. The van der Waals surface area contributed by atoms with Crippen molar-refractivity contribution in [3.8, 4) is 23.1 Å². The van der Waals surface area contributed by atoms with Crippen LogP contribution in [0, 0.1) is 17.2 Å². The molecule has 2 heterocycles. The Morgan fingerprint density at radius 2 is 1.88 bits per heavy atom. The Balaban J connectivity index is 2.02. The molecule has 0 aliphatic carbocycles. The van der Waals surface area contributed by atoms with Crippen molar-refractivity contribution in [1.82, 2.24) is 25.1 Å². The highest BCUT2D eigenvalue weighted by molar-refractivity contribution is 7.99. The Labute approximate surface area is 199 Å². The molecule has 33 heavy (non-hydrogen) atoms. The SMILES string of the molecule is CCc1cccc(CC)c1-n1c(SCC(=O)N[C@@](C)(C#N)C(C)C)nnc1-c1cccnc1. The van der Waals surface area contributed by atoms with Crippen LogP contribution in [0.5, 0.6) is 0 Å². The normalized spacial score (nSPS) is 12.9. The minimum absolute atomic E-state index is 0.0131. The van der Waals surface area contributed by atoms with Crippen LogP contribution in [0.15, 0.2) is 47.9 Å². The van der Waals surface area contributed by atoms with Gasteiger partial charge in [0.2, 0.25) is 5.91 Å². The van der Waals surface area contributed by atoms with Crippen molar-refractivity contribution in [1.29, 1.82) is 5.26 Å². The number of para-hydroxylation sites is 1. The van der Waals surface area contributed by atoms with E-state index in [-0.39, 0.29) is 17.6 Å². The number of amides is 1. The van der Waals surface area contributed by atoms with Gasteiger partial charge in [0.25, 0.3) is 0 Å². The van der Waals surface area contributed by atoms with Crippen molar-refractivity contribution in [3.05, 3.63) is 53.9 Å². The number of carbonyl (C=O) groups is 1. The molecule has 0 fully saturated rings. The van der Waals surface area contributed by atoms with Crippen LogP contribution < -0.4 is 5.32 Å². The monoisotopic (exact) mass is 462 g/mol. The largest absolute Gasteiger partial charge is 0.337 e. The zero-order valence-corrected chi connectivity index (χ0v) is 20.6. The number of nitriles is 1. The highest BCUT2D eigenvalue weighted by Crippen LogP contribution is 2.32. The molecule has 0 unspecified atom stereocenters. The summed E-state index contributed by atoms with van der Waals surface area (Å²) in [6.07, 6.45) is 5.20. The Kier molecular flexibility index (Phi) is 7.88. The topological polar surface area (TPSA) is 96.5 Å². The summed E-state index contributed by atoms with van der Waals surface area (Å²) in [7, 11) is 0. The molecule has 0 saturated heterocycles. The van der Waals surface area contributed by atoms with Gasteiger partial charge in [-0.1, -0.05) is 57.7 Å². The van der Waals surface area contributed by atoms with E-state index in [0.717, 1.165) is 24.1 Å². The summed E-state index contributed by atoms with van der Waals surface area (Å²) in [5, 5.41) is 21.9. The number of nitrogens with one attached hydrogen (secondary N) is 1. The summed E-state index contributed by atoms with van der Waals surface area (Å²) >= 11 is 1.31. The van der Waals surface area contributed by atoms with Crippen LogP contribution >= 0.6 is 11.8 Å². The minimum atomic E-state index is -0.920. The van der Waals surface area contributed by atoms with Gasteiger partial charge in [-0.3, -0.25) is 14.3 Å². The Morgan fingerprint density at radius 3 is 2.42 bits per heavy atom. The Morgan fingerprint density at radius 1 is 1.18 bits per heavy atom. The summed E-state index contributed by atoms with van der Waals surface area (Å²) in [4.78, 5) is 17.0. The fraction of sp³-hybridized carbons (Fsp3) is 0.400. The molecule has 8 heteroatoms. The molecule has 2 aromatic heterocycles. The van der Waals surface area contributed by atoms with Gasteiger partial charge in [-0.25, -0.2) is 0 Å². The van der Waals surface area contributed by atoms with E-state index in [9.17, 15) is 10.1 Å². The van der Waals surface area contributed by atoms with Crippen LogP contribution in [-0.2, 0) is 17.6 Å². The third-order valence-corrected chi connectivity index (χ3v) is 6.79. The van der Waals surface area contributed by atoms with Gasteiger partial charge in [0.1, 0.15) is 5.54 Å². The third-order valence-electron chi connectivity index (χ3n) is 5.86. The number of hydrogen-bond acceptors (Lipinski definition) is 6. The van der Waals surface area contributed by atoms with Crippen LogP contribution in [0.3, 0.4) is 0 Å². The third kappa shape index (κ3) is 5.25. The molecule has 0 radical (unpaired) electrons. The molecule has 3 rings (SSSR count). The van der Waals surface area contributed by atoms with E-state index in [2.05, 4.69) is 58.6 Å². The molecule has 0 spiro atoms. The van der Waals surface area contributed by atoms with Crippen molar-refractivity contribution in [2.45, 2.75) is 58.2 Å². The zero-order chi connectivity index (χ0) is 24.0. The van der Waals surface area contributed by atoms with E-state index in [1.54, 1.807) is 19.3 Å². The second-order valence-corrected chi connectivity index (χ2v) is 9.26. The summed E-state index contributed by atoms with van der Waals surface area (Å²) < 4.78 is 2.04. The predicted molar refractivity (Wildman–Crippen MR) is 131 cm³/mol. The lowest BCUT2D eigenvalue weighted by atomic mass is 9.90. The first kappa shape index (κ1) is 24.5. The molecule has 0 bridgehead atoms. The van der Waals surface area contributed by atoms with Crippen molar-refractivity contribution >= 4 is 17.7 Å². The Hall–Kier alpha value is -3.18. The maximum Gasteiger partial charge on any atom is 0.231 e. The van der Waals surface area contributed by atoms with E-state index < -0.39 is 5.54 Å². The lowest BCUT2D eigenvalue weighted by Crippen LogP contribution is -2.49. The van der Waals surface area contributed by atoms with Gasteiger partial charge < -0.3 is 5.32 Å². The molecule has 1 atom stereocenters. The van der Waals surface area contributed by atoms with Gasteiger partial charge >= 0.3 is 0 Å². The second kappa shape index (κ2) is 10.6. The van der Waals surface area contributed by atoms with Gasteiger partial charge in [-0.05, 0) is 48.9 Å². The van der Waals surface area contributed by atoms with Crippen LogP contribution in [0.1, 0.15) is 45.7 Å². The molecule has 7 nitrogen and oxygen atoms in total.